The summed E-state index contributed by atoms with van der Waals surface area (Å²) < 4.78 is 6.83. The van der Waals surface area contributed by atoms with E-state index in [1.807, 2.05) is 24.1 Å². The molecule has 0 radical (unpaired) electrons. The molecule has 144 valence electrons. The lowest BCUT2D eigenvalue weighted by molar-refractivity contribution is -0.0530. The van der Waals surface area contributed by atoms with E-state index < -0.39 is 11.2 Å². The lowest BCUT2D eigenvalue weighted by Gasteiger charge is -2.43. The summed E-state index contributed by atoms with van der Waals surface area (Å²) in [6.07, 6.45) is 5.61. The number of aliphatic hydroxyl groups is 1. The quantitative estimate of drug-likeness (QED) is 0.737. The second-order valence-corrected chi connectivity index (χ2v) is 7.86. The van der Waals surface area contributed by atoms with Gasteiger partial charge in [-0.3, -0.25) is 9.48 Å². The number of hydrogen-bond acceptors (Lipinski definition) is 5. The Balaban J connectivity index is 1.51. The fourth-order valence-corrected chi connectivity index (χ4v) is 5.04. The van der Waals surface area contributed by atoms with Crippen molar-refractivity contribution in [2.45, 2.75) is 43.4 Å². The van der Waals surface area contributed by atoms with Crippen LogP contribution < -0.4 is 5.63 Å². The first-order valence-electron chi connectivity index (χ1n) is 9.52. The summed E-state index contributed by atoms with van der Waals surface area (Å²) in [5, 5.41) is 16.5. The van der Waals surface area contributed by atoms with Crippen LogP contribution in [0.15, 0.2) is 52.0 Å². The Morgan fingerprint density at radius 1 is 1.18 bits per heavy atom. The van der Waals surface area contributed by atoms with Gasteiger partial charge in [0.05, 0.1) is 16.6 Å². The second kappa shape index (κ2) is 6.04. The zero-order valence-corrected chi connectivity index (χ0v) is 15.5. The molecule has 0 saturated carbocycles. The van der Waals surface area contributed by atoms with Gasteiger partial charge in [0.25, 0.3) is 5.91 Å². The molecule has 4 heterocycles. The fourth-order valence-electron chi connectivity index (χ4n) is 5.04. The van der Waals surface area contributed by atoms with E-state index in [1.54, 1.807) is 29.1 Å². The Kier molecular flexibility index (Phi) is 3.71. The molecule has 0 aliphatic carbocycles. The molecule has 5 rings (SSSR count). The van der Waals surface area contributed by atoms with Gasteiger partial charge >= 0.3 is 5.63 Å². The molecular weight excluding hydrogens is 358 g/mol. The maximum Gasteiger partial charge on any atom is 0.343 e. The molecule has 7 nitrogen and oxygen atoms in total. The Hall–Kier alpha value is -2.93. The molecule has 2 fully saturated rings. The number of aryl methyl sites for hydroxylation is 1. The first-order valence-corrected chi connectivity index (χ1v) is 9.52. The topological polar surface area (TPSA) is 88.6 Å². The monoisotopic (exact) mass is 379 g/mol. The van der Waals surface area contributed by atoms with E-state index >= 15 is 0 Å². The Labute approximate surface area is 161 Å². The Morgan fingerprint density at radius 2 is 1.86 bits per heavy atom. The molecule has 2 bridgehead atoms. The third-order valence-corrected chi connectivity index (χ3v) is 6.25. The third-order valence-electron chi connectivity index (χ3n) is 6.25. The molecule has 3 atom stereocenters. The van der Waals surface area contributed by atoms with Crippen LogP contribution in [0.1, 0.15) is 41.7 Å². The van der Waals surface area contributed by atoms with Crippen molar-refractivity contribution < 1.29 is 14.3 Å². The van der Waals surface area contributed by atoms with Crippen LogP contribution in [-0.2, 0) is 12.6 Å². The number of amides is 1. The second-order valence-electron chi connectivity index (χ2n) is 7.86. The molecule has 0 spiro atoms. The summed E-state index contributed by atoms with van der Waals surface area (Å²) in [7, 11) is 1.82. The standard InChI is InChI=1S/C21H21N3O4/c1-23-18(8-9-22-23)21(27)10-13-6-7-14(11-21)24(13)19(25)17-12-28-20(26)16-5-3-2-4-15(16)17/h2-5,8-9,12-14,27H,6-7,10-11H2,1H3/t13-,14+,21?. The van der Waals surface area contributed by atoms with Crippen LogP contribution in [0, 0.1) is 0 Å². The predicted octanol–water partition coefficient (Wildman–Crippen LogP) is 2.18. The molecule has 1 unspecified atom stereocenters. The van der Waals surface area contributed by atoms with E-state index in [4.69, 9.17) is 4.42 Å². The van der Waals surface area contributed by atoms with E-state index in [0.29, 0.717) is 29.2 Å². The molecule has 28 heavy (non-hydrogen) atoms. The van der Waals surface area contributed by atoms with Gasteiger partial charge in [-0.2, -0.15) is 5.10 Å². The van der Waals surface area contributed by atoms with Crippen molar-refractivity contribution in [2.24, 2.45) is 7.05 Å². The van der Waals surface area contributed by atoms with Crippen molar-refractivity contribution in [2.75, 3.05) is 0 Å². The van der Waals surface area contributed by atoms with Crippen LogP contribution in [0.25, 0.3) is 10.8 Å². The average molecular weight is 379 g/mol. The molecular formula is C21H21N3O4. The van der Waals surface area contributed by atoms with Crippen LogP contribution in [0.4, 0.5) is 0 Å². The molecule has 2 saturated heterocycles. The Morgan fingerprint density at radius 3 is 2.50 bits per heavy atom. The van der Waals surface area contributed by atoms with Gasteiger partial charge in [0.1, 0.15) is 11.9 Å². The van der Waals surface area contributed by atoms with Gasteiger partial charge in [-0.05, 0) is 25.0 Å². The molecule has 1 N–H and O–H groups in total. The third kappa shape index (κ3) is 2.43. The van der Waals surface area contributed by atoms with Crippen molar-refractivity contribution in [1.82, 2.24) is 14.7 Å². The highest BCUT2D eigenvalue weighted by molar-refractivity contribution is 6.06. The highest BCUT2D eigenvalue weighted by Crippen LogP contribution is 2.46. The van der Waals surface area contributed by atoms with Crippen LogP contribution >= 0.6 is 0 Å². The molecule has 2 aromatic heterocycles. The van der Waals surface area contributed by atoms with Crippen LogP contribution in [0.2, 0.25) is 0 Å². The zero-order chi connectivity index (χ0) is 19.5. The minimum Gasteiger partial charge on any atom is -0.430 e. The van der Waals surface area contributed by atoms with Gasteiger partial charge in [-0.15, -0.1) is 0 Å². The summed E-state index contributed by atoms with van der Waals surface area (Å²) in [5.41, 5.74) is -0.246. The van der Waals surface area contributed by atoms with Crippen molar-refractivity contribution >= 4 is 16.7 Å². The lowest BCUT2D eigenvalue weighted by atomic mass is 9.83. The van der Waals surface area contributed by atoms with Gasteiger partial charge in [0.15, 0.2) is 0 Å². The number of benzene rings is 1. The predicted molar refractivity (Wildman–Crippen MR) is 102 cm³/mol. The van der Waals surface area contributed by atoms with E-state index in [9.17, 15) is 14.7 Å². The largest absolute Gasteiger partial charge is 0.430 e. The number of carbonyl (C=O) groups is 1. The summed E-state index contributed by atoms with van der Waals surface area (Å²) >= 11 is 0. The van der Waals surface area contributed by atoms with E-state index in [0.717, 1.165) is 18.5 Å². The van der Waals surface area contributed by atoms with Crippen molar-refractivity contribution in [3.63, 3.8) is 0 Å². The van der Waals surface area contributed by atoms with Crippen molar-refractivity contribution in [3.05, 3.63) is 64.5 Å². The number of aromatic nitrogens is 2. The van der Waals surface area contributed by atoms with Crippen molar-refractivity contribution in [1.29, 1.82) is 0 Å². The number of fused-ring (bicyclic) bond motifs is 3. The maximum absolute atomic E-state index is 13.4. The molecule has 2 aliphatic heterocycles. The number of hydrogen-bond donors (Lipinski definition) is 1. The van der Waals surface area contributed by atoms with E-state index in [1.165, 1.54) is 6.26 Å². The van der Waals surface area contributed by atoms with Crippen LogP contribution in [0.3, 0.4) is 0 Å². The van der Waals surface area contributed by atoms with Crippen LogP contribution in [0.5, 0.6) is 0 Å². The van der Waals surface area contributed by atoms with Gasteiger partial charge in [0.2, 0.25) is 0 Å². The minimum atomic E-state index is -0.987. The molecule has 2 aliphatic rings. The van der Waals surface area contributed by atoms with E-state index in [2.05, 4.69) is 5.10 Å². The number of rotatable bonds is 2. The van der Waals surface area contributed by atoms with Crippen LogP contribution in [-0.4, -0.2) is 37.8 Å². The molecule has 3 aromatic rings. The lowest BCUT2D eigenvalue weighted by Crippen LogP contribution is -2.52. The van der Waals surface area contributed by atoms with Crippen molar-refractivity contribution in [3.8, 4) is 0 Å². The first-order chi connectivity index (χ1) is 13.5. The summed E-state index contributed by atoms with van der Waals surface area (Å²) in [6, 6.07) is 8.74. The summed E-state index contributed by atoms with van der Waals surface area (Å²) in [5.74, 6) is -0.139. The smallest absolute Gasteiger partial charge is 0.343 e. The highest BCUT2D eigenvalue weighted by Gasteiger charge is 2.51. The Bertz CT molecular complexity index is 1120. The zero-order valence-electron chi connectivity index (χ0n) is 15.5. The normalized spacial score (nSPS) is 26.7. The summed E-state index contributed by atoms with van der Waals surface area (Å²) in [6.45, 7) is 0. The number of piperidine rings is 1. The minimum absolute atomic E-state index is 0.0585. The maximum atomic E-state index is 13.4. The van der Waals surface area contributed by atoms with E-state index in [-0.39, 0.29) is 18.0 Å². The summed E-state index contributed by atoms with van der Waals surface area (Å²) in [4.78, 5) is 27.3. The van der Waals surface area contributed by atoms with Gasteiger partial charge < -0.3 is 14.4 Å². The number of carbonyl (C=O) groups excluding carboxylic acids is 1. The SMILES string of the molecule is Cn1nccc1C1(O)C[C@H]2CC[C@@H](C1)N2C(=O)c1coc(=O)c2ccccc12. The molecule has 1 amide bonds. The van der Waals surface area contributed by atoms with Gasteiger partial charge in [-0.1, -0.05) is 18.2 Å². The fraction of sp³-hybridized carbons (Fsp3) is 0.381. The first kappa shape index (κ1) is 17.2. The van der Waals surface area contributed by atoms with Gasteiger partial charge in [-0.25, -0.2) is 4.79 Å². The van der Waals surface area contributed by atoms with Gasteiger partial charge in [0, 0.05) is 43.6 Å². The molecule has 1 aromatic carbocycles. The highest BCUT2D eigenvalue weighted by atomic mass is 16.4. The number of nitrogens with zero attached hydrogens (tertiary/aromatic N) is 3. The average Bonchev–Trinajstić information content (AvgIpc) is 3.24. The molecule has 7 heteroatoms.